The SMILES string of the molecule is Nc1ccccc1C(=O)c1ccccc1.O=C(c1ccccc1)c1ccccc1. The van der Waals surface area contributed by atoms with Gasteiger partial charge in [-0.15, -0.1) is 0 Å². The van der Waals surface area contributed by atoms with Crippen molar-refractivity contribution < 1.29 is 9.59 Å². The lowest BCUT2D eigenvalue weighted by Gasteiger charge is -2.03. The van der Waals surface area contributed by atoms with Crippen LogP contribution in [-0.4, -0.2) is 11.6 Å². The summed E-state index contributed by atoms with van der Waals surface area (Å²) in [6, 6.07) is 34.8. The largest absolute Gasteiger partial charge is 0.398 e. The summed E-state index contributed by atoms with van der Waals surface area (Å²) < 4.78 is 0. The van der Waals surface area contributed by atoms with Crippen LogP contribution >= 0.6 is 0 Å². The minimum Gasteiger partial charge on any atom is -0.398 e. The van der Waals surface area contributed by atoms with Crippen molar-refractivity contribution in [3.8, 4) is 0 Å². The van der Waals surface area contributed by atoms with Gasteiger partial charge in [-0.2, -0.15) is 0 Å². The van der Waals surface area contributed by atoms with E-state index in [0.717, 1.165) is 11.1 Å². The lowest BCUT2D eigenvalue weighted by Crippen LogP contribution is -2.04. The molecule has 0 aliphatic carbocycles. The van der Waals surface area contributed by atoms with Gasteiger partial charge in [0.05, 0.1) is 0 Å². The average molecular weight is 379 g/mol. The number of benzene rings is 4. The van der Waals surface area contributed by atoms with Crippen molar-refractivity contribution in [3.63, 3.8) is 0 Å². The van der Waals surface area contributed by atoms with Crippen molar-refractivity contribution in [2.24, 2.45) is 0 Å². The Morgan fingerprint density at radius 3 is 1.21 bits per heavy atom. The second kappa shape index (κ2) is 9.81. The van der Waals surface area contributed by atoms with E-state index in [0.29, 0.717) is 16.8 Å². The van der Waals surface area contributed by atoms with Gasteiger partial charge in [-0.3, -0.25) is 9.59 Å². The van der Waals surface area contributed by atoms with Crippen LogP contribution in [0.2, 0.25) is 0 Å². The summed E-state index contributed by atoms with van der Waals surface area (Å²) in [5, 5.41) is 0. The maximum atomic E-state index is 12.0. The fraction of sp³-hybridized carbons (Fsp3) is 0. The Labute approximate surface area is 170 Å². The van der Waals surface area contributed by atoms with Gasteiger partial charge in [0.2, 0.25) is 0 Å². The Kier molecular flexibility index (Phi) is 6.69. The van der Waals surface area contributed by atoms with Gasteiger partial charge >= 0.3 is 0 Å². The van der Waals surface area contributed by atoms with Gasteiger partial charge < -0.3 is 5.73 Å². The van der Waals surface area contributed by atoms with E-state index in [-0.39, 0.29) is 11.6 Å². The van der Waals surface area contributed by atoms with E-state index in [2.05, 4.69) is 0 Å². The predicted molar refractivity (Wildman–Crippen MR) is 117 cm³/mol. The molecule has 0 heterocycles. The van der Waals surface area contributed by atoms with Crippen molar-refractivity contribution in [2.75, 3.05) is 5.73 Å². The van der Waals surface area contributed by atoms with Crippen LogP contribution in [0, 0.1) is 0 Å². The van der Waals surface area contributed by atoms with Crippen LogP contribution in [0.5, 0.6) is 0 Å². The molecule has 0 aliphatic rings. The van der Waals surface area contributed by atoms with E-state index >= 15 is 0 Å². The standard InChI is InChI=1S/C13H11NO.C13H10O/c14-12-9-5-4-8-11(12)13(15)10-6-2-1-3-7-10;14-13(11-7-3-1-4-8-11)12-9-5-2-6-10-12/h1-9H,14H2;1-10H. The number of para-hydroxylation sites is 1. The lowest BCUT2D eigenvalue weighted by molar-refractivity contribution is 0.103. The van der Waals surface area contributed by atoms with Crippen molar-refractivity contribution in [1.82, 2.24) is 0 Å². The molecule has 0 unspecified atom stereocenters. The fourth-order valence-electron chi connectivity index (χ4n) is 2.79. The first-order chi connectivity index (χ1) is 14.2. The Morgan fingerprint density at radius 2 is 0.793 bits per heavy atom. The van der Waals surface area contributed by atoms with Crippen LogP contribution in [0.15, 0.2) is 115 Å². The fourth-order valence-corrected chi connectivity index (χ4v) is 2.79. The number of nitrogens with two attached hydrogens (primary N) is 1. The van der Waals surface area contributed by atoms with Crippen molar-refractivity contribution in [3.05, 3.63) is 138 Å². The van der Waals surface area contributed by atoms with E-state index < -0.39 is 0 Å². The maximum Gasteiger partial charge on any atom is 0.195 e. The highest BCUT2D eigenvalue weighted by Crippen LogP contribution is 2.15. The number of carbonyl (C=O) groups excluding carboxylic acids is 2. The molecule has 0 radical (unpaired) electrons. The predicted octanol–water partition coefficient (Wildman–Crippen LogP) is 5.42. The maximum absolute atomic E-state index is 12.0. The molecule has 0 bridgehead atoms. The van der Waals surface area contributed by atoms with Crippen molar-refractivity contribution >= 4 is 17.3 Å². The summed E-state index contributed by atoms with van der Waals surface area (Å²) in [5.41, 5.74) is 8.95. The minimum absolute atomic E-state index is 0.0336. The molecule has 142 valence electrons. The normalized spacial score (nSPS) is 9.79. The summed E-state index contributed by atoms with van der Waals surface area (Å²) in [6.07, 6.45) is 0. The van der Waals surface area contributed by atoms with Gasteiger partial charge in [0, 0.05) is 27.9 Å². The molecule has 3 heteroatoms. The Hall–Kier alpha value is -3.98. The number of hydrogen-bond acceptors (Lipinski definition) is 3. The molecular formula is C26H21NO2. The summed E-state index contributed by atoms with van der Waals surface area (Å²) in [4.78, 5) is 23.8. The summed E-state index contributed by atoms with van der Waals surface area (Å²) in [7, 11) is 0. The molecule has 0 spiro atoms. The molecule has 0 aliphatic heterocycles. The van der Waals surface area contributed by atoms with Gasteiger partial charge in [0.25, 0.3) is 0 Å². The van der Waals surface area contributed by atoms with E-state index in [1.54, 1.807) is 24.3 Å². The second-order valence-electron chi connectivity index (χ2n) is 6.34. The number of carbonyl (C=O) groups is 2. The number of anilines is 1. The Bertz CT molecular complexity index is 1030. The van der Waals surface area contributed by atoms with Crippen LogP contribution in [0.25, 0.3) is 0 Å². The lowest BCUT2D eigenvalue weighted by atomic mass is 10.0. The smallest absolute Gasteiger partial charge is 0.195 e. The van der Waals surface area contributed by atoms with Crippen molar-refractivity contribution in [2.45, 2.75) is 0 Å². The zero-order valence-corrected chi connectivity index (χ0v) is 15.9. The average Bonchev–Trinajstić information content (AvgIpc) is 2.81. The molecule has 2 N–H and O–H groups in total. The first-order valence-electron chi connectivity index (χ1n) is 9.26. The quantitative estimate of drug-likeness (QED) is 0.380. The molecule has 0 atom stereocenters. The van der Waals surface area contributed by atoms with Crippen LogP contribution < -0.4 is 5.73 Å². The summed E-state index contributed by atoms with van der Waals surface area (Å²) in [5.74, 6) is 0.0416. The highest BCUT2D eigenvalue weighted by Gasteiger charge is 2.10. The molecule has 3 nitrogen and oxygen atoms in total. The van der Waals surface area contributed by atoms with E-state index in [1.807, 2.05) is 91.0 Å². The second-order valence-corrected chi connectivity index (χ2v) is 6.34. The van der Waals surface area contributed by atoms with Gasteiger partial charge in [0.1, 0.15) is 0 Å². The van der Waals surface area contributed by atoms with Gasteiger partial charge in [0.15, 0.2) is 11.6 Å². The van der Waals surface area contributed by atoms with Crippen LogP contribution in [0.3, 0.4) is 0 Å². The number of hydrogen-bond donors (Lipinski definition) is 1. The molecule has 4 aromatic carbocycles. The van der Waals surface area contributed by atoms with E-state index in [1.165, 1.54) is 0 Å². The highest BCUT2D eigenvalue weighted by atomic mass is 16.1. The van der Waals surface area contributed by atoms with E-state index in [4.69, 9.17) is 5.73 Å². The van der Waals surface area contributed by atoms with Crippen molar-refractivity contribution in [1.29, 1.82) is 0 Å². The molecule has 0 amide bonds. The first-order valence-corrected chi connectivity index (χ1v) is 9.26. The third-order valence-electron chi connectivity index (χ3n) is 4.31. The van der Waals surface area contributed by atoms with Crippen LogP contribution in [0.1, 0.15) is 31.8 Å². The van der Waals surface area contributed by atoms with Gasteiger partial charge in [-0.05, 0) is 12.1 Å². The number of ketones is 2. The summed E-state index contributed by atoms with van der Waals surface area (Å²) >= 11 is 0. The molecule has 0 aromatic heterocycles. The molecule has 0 fully saturated rings. The molecular weight excluding hydrogens is 358 g/mol. The monoisotopic (exact) mass is 379 g/mol. The minimum atomic E-state index is -0.0336. The third-order valence-corrected chi connectivity index (χ3v) is 4.31. The topological polar surface area (TPSA) is 60.2 Å². The third kappa shape index (κ3) is 5.27. The molecule has 0 saturated heterocycles. The van der Waals surface area contributed by atoms with Crippen LogP contribution in [0.4, 0.5) is 5.69 Å². The molecule has 0 saturated carbocycles. The molecule has 4 rings (SSSR count). The zero-order valence-electron chi connectivity index (χ0n) is 15.9. The number of nitrogen functional groups attached to an aromatic ring is 1. The zero-order chi connectivity index (χ0) is 20.5. The molecule has 4 aromatic rings. The van der Waals surface area contributed by atoms with Gasteiger partial charge in [-0.25, -0.2) is 0 Å². The van der Waals surface area contributed by atoms with Crippen LogP contribution in [-0.2, 0) is 0 Å². The molecule has 29 heavy (non-hydrogen) atoms. The number of rotatable bonds is 4. The first kappa shape index (κ1) is 19.8. The van der Waals surface area contributed by atoms with Gasteiger partial charge in [-0.1, -0.05) is 103 Å². The highest BCUT2D eigenvalue weighted by molar-refractivity contribution is 6.12. The Balaban J connectivity index is 0.000000166. The van der Waals surface area contributed by atoms with E-state index in [9.17, 15) is 9.59 Å². The Morgan fingerprint density at radius 1 is 0.448 bits per heavy atom. The summed E-state index contributed by atoms with van der Waals surface area (Å²) in [6.45, 7) is 0.